The number of nitrogens with zero attached hydrogens (tertiary/aromatic N) is 6. The van der Waals surface area contributed by atoms with Crippen molar-refractivity contribution in [2.24, 2.45) is 0 Å². The van der Waals surface area contributed by atoms with Crippen LogP contribution in [0.2, 0.25) is 0 Å². The van der Waals surface area contributed by atoms with Crippen LogP contribution in [0, 0.1) is 0 Å². The Kier molecular flexibility index (Phi) is 7.15. The van der Waals surface area contributed by atoms with Crippen molar-refractivity contribution < 1.29 is 0 Å². The Morgan fingerprint density at radius 2 is 0.667 bits per heavy atom. The highest BCUT2D eigenvalue weighted by Crippen LogP contribution is 2.30. The Hall–Kier alpha value is -3.93. The van der Waals surface area contributed by atoms with Crippen LogP contribution in [0.25, 0.3) is 0 Å². The first kappa shape index (κ1) is 22.3. The van der Waals surface area contributed by atoms with Crippen LogP contribution < -0.4 is 14.7 Å². The molecule has 0 bridgehead atoms. The number of hydrogen-bond donors (Lipinski definition) is 0. The van der Waals surface area contributed by atoms with Gasteiger partial charge >= 0.3 is 0 Å². The zero-order valence-electron chi connectivity index (χ0n) is 19.5. The van der Waals surface area contributed by atoms with Gasteiger partial charge in [-0.3, -0.25) is 0 Å². The molecule has 0 saturated heterocycles. The first-order valence-electron chi connectivity index (χ1n) is 11.5. The molecule has 4 aromatic rings. The van der Waals surface area contributed by atoms with Gasteiger partial charge in [-0.25, -0.2) is 0 Å². The van der Waals surface area contributed by atoms with E-state index >= 15 is 0 Å². The van der Waals surface area contributed by atoms with Crippen LogP contribution in [0.5, 0.6) is 0 Å². The molecule has 6 heteroatoms. The topological polar surface area (TPSA) is 48.4 Å². The van der Waals surface area contributed by atoms with E-state index in [4.69, 9.17) is 15.0 Å². The molecule has 0 amide bonds. The van der Waals surface area contributed by atoms with Crippen LogP contribution in [-0.2, 0) is 0 Å². The van der Waals surface area contributed by atoms with Crippen molar-refractivity contribution in [1.29, 1.82) is 0 Å². The molecule has 1 heterocycles. The maximum atomic E-state index is 4.94. The number of benzene rings is 3. The Balaban J connectivity index is 1.87. The van der Waals surface area contributed by atoms with Gasteiger partial charge < -0.3 is 14.7 Å². The lowest BCUT2D eigenvalue weighted by molar-refractivity contribution is 0.855. The molecule has 0 N–H and O–H groups in total. The van der Waals surface area contributed by atoms with Gasteiger partial charge in [-0.1, -0.05) is 54.6 Å². The van der Waals surface area contributed by atoms with Crippen LogP contribution in [0.1, 0.15) is 20.8 Å². The molecule has 0 aliphatic heterocycles. The second-order valence-electron chi connectivity index (χ2n) is 7.47. The summed E-state index contributed by atoms with van der Waals surface area (Å²) in [5.41, 5.74) is 3.15. The number of hydrogen-bond acceptors (Lipinski definition) is 6. The molecule has 0 aliphatic carbocycles. The average molecular weight is 439 g/mol. The number of anilines is 6. The fourth-order valence-electron chi connectivity index (χ4n) is 3.85. The molecule has 0 unspecified atom stereocenters. The number of para-hydroxylation sites is 3. The summed E-state index contributed by atoms with van der Waals surface area (Å²) in [6.07, 6.45) is 0. The second kappa shape index (κ2) is 10.6. The van der Waals surface area contributed by atoms with Gasteiger partial charge in [0.05, 0.1) is 0 Å². The van der Waals surface area contributed by atoms with E-state index < -0.39 is 0 Å². The highest BCUT2D eigenvalue weighted by Gasteiger charge is 2.21. The van der Waals surface area contributed by atoms with E-state index in [1.54, 1.807) is 0 Å². The van der Waals surface area contributed by atoms with E-state index in [1.165, 1.54) is 0 Å². The quantitative estimate of drug-likeness (QED) is 0.304. The summed E-state index contributed by atoms with van der Waals surface area (Å²) in [5.74, 6) is 1.90. The van der Waals surface area contributed by atoms with Crippen molar-refractivity contribution in [2.75, 3.05) is 34.3 Å². The SMILES string of the molecule is CCN(c1ccccc1)c1nc(N(CC)c2ccccc2)nc(N(CC)c2ccccc2)n1. The van der Waals surface area contributed by atoms with Gasteiger partial charge in [-0.2, -0.15) is 15.0 Å². The number of aromatic nitrogens is 3. The zero-order chi connectivity index (χ0) is 23.0. The molecule has 33 heavy (non-hydrogen) atoms. The molecule has 3 aromatic carbocycles. The van der Waals surface area contributed by atoms with E-state index in [9.17, 15) is 0 Å². The Labute approximate surface area is 196 Å². The van der Waals surface area contributed by atoms with Crippen molar-refractivity contribution in [3.63, 3.8) is 0 Å². The normalized spacial score (nSPS) is 10.6. The predicted molar refractivity (Wildman–Crippen MR) is 137 cm³/mol. The highest BCUT2D eigenvalue weighted by atomic mass is 15.4. The Bertz CT molecular complexity index is 976. The molecule has 6 nitrogen and oxygen atoms in total. The Morgan fingerprint density at radius 1 is 0.424 bits per heavy atom. The fraction of sp³-hybridized carbons (Fsp3) is 0.222. The monoisotopic (exact) mass is 438 g/mol. The molecule has 0 saturated carbocycles. The third kappa shape index (κ3) is 4.95. The first-order valence-corrected chi connectivity index (χ1v) is 11.5. The lowest BCUT2D eigenvalue weighted by Crippen LogP contribution is -2.27. The van der Waals surface area contributed by atoms with Gasteiger partial charge in [0.15, 0.2) is 0 Å². The van der Waals surface area contributed by atoms with E-state index in [1.807, 2.05) is 54.6 Å². The minimum absolute atomic E-state index is 0.632. The van der Waals surface area contributed by atoms with Crippen molar-refractivity contribution in [3.8, 4) is 0 Å². The van der Waals surface area contributed by atoms with Crippen LogP contribution in [0.3, 0.4) is 0 Å². The molecule has 4 rings (SSSR count). The first-order chi connectivity index (χ1) is 16.2. The van der Waals surface area contributed by atoms with Gasteiger partial charge in [0, 0.05) is 36.7 Å². The highest BCUT2D eigenvalue weighted by molar-refractivity contribution is 5.65. The summed E-state index contributed by atoms with van der Waals surface area (Å²) < 4.78 is 0. The van der Waals surface area contributed by atoms with Gasteiger partial charge in [0.2, 0.25) is 17.8 Å². The minimum Gasteiger partial charge on any atom is -0.311 e. The summed E-state index contributed by atoms with van der Waals surface area (Å²) in [6.45, 7) is 8.55. The van der Waals surface area contributed by atoms with Crippen LogP contribution >= 0.6 is 0 Å². The number of rotatable bonds is 9. The van der Waals surface area contributed by atoms with Gasteiger partial charge in [-0.05, 0) is 57.2 Å². The maximum Gasteiger partial charge on any atom is 0.236 e. The lowest BCUT2D eigenvalue weighted by Gasteiger charge is -2.28. The summed E-state index contributed by atoms with van der Waals surface area (Å²) in [4.78, 5) is 21.2. The Morgan fingerprint density at radius 3 is 0.879 bits per heavy atom. The maximum absolute atomic E-state index is 4.94. The van der Waals surface area contributed by atoms with Crippen molar-refractivity contribution in [1.82, 2.24) is 15.0 Å². The minimum atomic E-state index is 0.632. The summed E-state index contributed by atoms with van der Waals surface area (Å²) in [7, 11) is 0. The van der Waals surface area contributed by atoms with Crippen LogP contribution in [-0.4, -0.2) is 34.6 Å². The molecule has 1 aromatic heterocycles. The van der Waals surface area contributed by atoms with E-state index in [0.29, 0.717) is 17.8 Å². The summed E-state index contributed by atoms with van der Waals surface area (Å²) >= 11 is 0. The van der Waals surface area contributed by atoms with Crippen LogP contribution in [0.4, 0.5) is 34.9 Å². The molecule has 0 radical (unpaired) electrons. The molecular formula is C27H30N6. The van der Waals surface area contributed by atoms with Crippen molar-refractivity contribution in [3.05, 3.63) is 91.0 Å². The predicted octanol–water partition coefficient (Wildman–Crippen LogP) is 6.35. The van der Waals surface area contributed by atoms with Crippen molar-refractivity contribution in [2.45, 2.75) is 20.8 Å². The fourth-order valence-corrected chi connectivity index (χ4v) is 3.85. The zero-order valence-corrected chi connectivity index (χ0v) is 19.5. The van der Waals surface area contributed by atoms with E-state index in [-0.39, 0.29) is 0 Å². The summed E-state index contributed by atoms with van der Waals surface area (Å²) in [6, 6.07) is 30.7. The standard InChI is InChI=1S/C27H30N6/c1-4-31(22-16-10-7-11-17-22)25-28-26(32(5-2)23-18-12-8-13-19-23)30-27(29-25)33(6-3)24-20-14-9-15-21-24/h7-21H,4-6H2,1-3H3. The third-order valence-corrected chi connectivity index (χ3v) is 5.48. The molecule has 0 atom stereocenters. The van der Waals surface area contributed by atoms with E-state index in [0.717, 1.165) is 36.7 Å². The average Bonchev–Trinajstić information content (AvgIpc) is 2.87. The molecule has 168 valence electrons. The van der Waals surface area contributed by atoms with Crippen LogP contribution in [0.15, 0.2) is 91.0 Å². The van der Waals surface area contributed by atoms with Crippen molar-refractivity contribution >= 4 is 34.9 Å². The van der Waals surface area contributed by atoms with Gasteiger partial charge in [0.25, 0.3) is 0 Å². The van der Waals surface area contributed by atoms with E-state index in [2.05, 4.69) is 71.9 Å². The molecular weight excluding hydrogens is 408 g/mol. The second-order valence-corrected chi connectivity index (χ2v) is 7.47. The molecule has 0 aliphatic rings. The summed E-state index contributed by atoms with van der Waals surface area (Å²) in [5, 5.41) is 0. The lowest BCUT2D eigenvalue weighted by atomic mass is 10.3. The smallest absolute Gasteiger partial charge is 0.236 e. The molecule has 0 fully saturated rings. The van der Waals surface area contributed by atoms with Gasteiger partial charge in [-0.15, -0.1) is 0 Å². The largest absolute Gasteiger partial charge is 0.311 e. The third-order valence-electron chi connectivity index (χ3n) is 5.48. The molecule has 0 spiro atoms. The van der Waals surface area contributed by atoms with Gasteiger partial charge in [0.1, 0.15) is 0 Å².